The van der Waals surface area contributed by atoms with E-state index in [4.69, 9.17) is 5.26 Å². The Kier molecular flexibility index (Phi) is 8.82. The fourth-order valence-electron chi connectivity index (χ4n) is 5.62. The maximum atomic E-state index is 13.2. The highest BCUT2D eigenvalue weighted by atomic mass is 19.1. The average Bonchev–Trinajstić information content (AvgIpc) is 3.00. The Balaban J connectivity index is 1.08. The summed E-state index contributed by atoms with van der Waals surface area (Å²) in [5.41, 5.74) is 3.51. The molecule has 3 aromatic rings. The van der Waals surface area contributed by atoms with E-state index in [9.17, 15) is 14.0 Å². The highest BCUT2D eigenvalue weighted by Gasteiger charge is 2.26. The van der Waals surface area contributed by atoms with Crippen LogP contribution in [0.1, 0.15) is 63.4 Å². The summed E-state index contributed by atoms with van der Waals surface area (Å²) in [7, 11) is 0. The van der Waals surface area contributed by atoms with Crippen LogP contribution in [0.15, 0.2) is 66.7 Å². The van der Waals surface area contributed by atoms with Gasteiger partial charge in [0.15, 0.2) is 0 Å². The van der Waals surface area contributed by atoms with Crippen LogP contribution in [0.5, 0.6) is 0 Å². The van der Waals surface area contributed by atoms with Crippen LogP contribution in [-0.2, 0) is 13.0 Å². The minimum Gasteiger partial charge on any atom is -0.348 e. The Hall–Kier alpha value is -4.09. The lowest BCUT2D eigenvalue weighted by molar-refractivity contribution is 0.0622. The molecule has 40 heavy (non-hydrogen) atoms. The lowest BCUT2D eigenvalue weighted by Crippen LogP contribution is -2.48. The predicted molar refractivity (Wildman–Crippen MR) is 150 cm³/mol. The molecule has 1 N–H and O–H groups in total. The number of hydrogen-bond acceptors (Lipinski definition) is 5. The van der Waals surface area contributed by atoms with Gasteiger partial charge < -0.3 is 10.2 Å². The topological polar surface area (TPSA) is 89.3 Å². The molecule has 0 bridgehead atoms. The predicted octanol–water partition coefficient (Wildman–Crippen LogP) is 4.58. The minimum absolute atomic E-state index is 0.0973. The van der Waals surface area contributed by atoms with E-state index in [1.165, 1.54) is 17.7 Å². The van der Waals surface area contributed by atoms with Gasteiger partial charge in [-0.2, -0.15) is 5.26 Å². The molecule has 0 atom stereocenters. The molecule has 0 radical (unpaired) electrons. The summed E-state index contributed by atoms with van der Waals surface area (Å²) in [6, 6.07) is 21.6. The second kappa shape index (κ2) is 12.8. The molecule has 2 heterocycles. The Morgan fingerprint density at radius 2 is 1.52 bits per heavy atom. The maximum Gasteiger partial charge on any atom is 0.272 e. The number of nitrogens with zero attached hydrogens (tertiary/aromatic N) is 4. The number of carbonyl (C=O) groups excluding carboxylic acids is 2. The number of rotatable bonds is 7. The Bertz CT molecular complexity index is 1350. The van der Waals surface area contributed by atoms with Crippen LogP contribution >= 0.6 is 0 Å². The van der Waals surface area contributed by atoms with E-state index in [-0.39, 0.29) is 35.1 Å². The fourth-order valence-corrected chi connectivity index (χ4v) is 5.62. The van der Waals surface area contributed by atoms with Gasteiger partial charge in [-0.05, 0) is 85.5 Å². The summed E-state index contributed by atoms with van der Waals surface area (Å²) in [5, 5.41) is 12.1. The van der Waals surface area contributed by atoms with Gasteiger partial charge in [0, 0.05) is 38.8 Å². The van der Waals surface area contributed by atoms with Crippen molar-refractivity contribution in [2.75, 3.05) is 26.2 Å². The number of nitrogens with one attached hydrogen (secondary N) is 1. The van der Waals surface area contributed by atoms with E-state index in [1.807, 2.05) is 24.3 Å². The van der Waals surface area contributed by atoms with Crippen molar-refractivity contribution in [3.63, 3.8) is 0 Å². The number of piperazine rings is 1. The summed E-state index contributed by atoms with van der Waals surface area (Å²) in [6.07, 6.45) is 4.87. The molecular weight excluding hydrogens is 505 g/mol. The van der Waals surface area contributed by atoms with E-state index in [0.717, 1.165) is 50.8 Å². The number of amides is 2. The number of pyridine rings is 1. The molecular formula is C32H34FN5O2. The first-order valence-electron chi connectivity index (χ1n) is 14.0. The molecule has 2 aromatic carbocycles. The van der Waals surface area contributed by atoms with Gasteiger partial charge in [0.1, 0.15) is 17.2 Å². The molecule has 1 aliphatic heterocycles. The van der Waals surface area contributed by atoms with Gasteiger partial charge in [0.2, 0.25) is 0 Å². The largest absolute Gasteiger partial charge is 0.348 e. The number of aromatic nitrogens is 1. The molecule has 8 heteroatoms. The van der Waals surface area contributed by atoms with Gasteiger partial charge >= 0.3 is 0 Å². The lowest BCUT2D eigenvalue weighted by atomic mass is 9.82. The Morgan fingerprint density at radius 3 is 2.20 bits per heavy atom. The van der Waals surface area contributed by atoms with Crippen LogP contribution in [-0.4, -0.2) is 58.8 Å². The van der Waals surface area contributed by atoms with E-state index in [0.29, 0.717) is 31.1 Å². The quantitative estimate of drug-likeness (QED) is 0.475. The lowest BCUT2D eigenvalue weighted by Gasteiger charge is -2.34. The fraction of sp³-hybridized carbons (Fsp3) is 0.375. The van der Waals surface area contributed by atoms with Gasteiger partial charge in [-0.25, -0.2) is 9.37 Å². The van der Waals surface area contributed by atoms with E-state index in [1.54, 1.807) is 35.2 Å². The monoisotopic (exact) mass is 539 g/mol. The van der Waals surface area contributed by atoms with Crippen LogP contribution in [0.25, 0.3) is 0 Å². The second-order valence-electron chi connectivity index (χ2n) is 10.8. The first-order chi connectivity index (χ1) is 19.5. The molecule has 5 rings (SSSR count). The third-order valence-electron chi connectivity index (χ3n) is 7.97. The highest BCUT2D eigenvalue weighted by molar-refractivity contribution is 5.96. The Morgan fingerprint density at radius 1 is 0.875 bits per heavy atom. The van der Waals surface area contributed by atoms with Crippen LogP contribution in [0.2, 0.25) is 0 Å². The van der Waals surface area contributed by atoms with E-state index >= 15 is 0 Å². The summed E-state index contributed by atoms with van der Waals surface area (Å²) < 4.78 is 13.2. The first kappa shape index (κ1) is 27.5. The summed E-state index contributed by atoms with van der Waals surface area (Å²) >= 11 is 0. The number of benzene rings is 2. The maximum absolute atomic E-state index is 13.2. The van der Waals surface area contributed by atoms with Crippen molar-refractivity contribution < 1.29 is 14.0 Å². The normalized spacial score (nSPS) is 19.6. The molecule has 1 aromatic heterocycles. The van der Waals surface area contributed by atoms with Crippen molar-refractivity contribution in [3.05, 3.63) is 101 Å². The number of halogens is 1. The standard InChI is InChI=1S/C32H34FN5O2/c33-27-12-8-26(9-13-27)22-37-16-18-38(19-17-37)32(40)30-3-1-2-29(36-30)31(39)35-28-14-10-24(11-15-28)20-23-4-6-25(21-34)7-5-23/h1-9,12-13,24,28H,10-11,14-20,22H2,(H,35,39). The van der Waals surface area contributed by atoms with Gasteiger partial charge in [0.05, 0.1) is 11.6 Å². The molecule has 7 nitrogen and oxygen atoms in total. The molecule has 2 fully saturated rings. The average molecular weight is 540 g/mol. The summed E-state index contributed by atoms with van der Waals surface area (Å²) in [5.74, 6) is -0.0870. The molecule has 0 unspecified atom stereocenters. The molecule has 206 valence electrons. The molecule has 2 amide bonds. The zero-order valence-electron chi connectivity index (χ0n) is 22.6. The molecule has 1 saturated carbocycles. The SMILES string of the molecule is N#Cc1ccc(CC2CCC(NC(=O)c3cccc(C(=O)N4CCN(Cc5ccc(F)cc5)CC4)n3)CC2)cc1. The Labute approximate surface area is 234 Å². The van der Waals surface area contributed by atoms with Crippen molar-refractivity contribution in [2.45, 2.75) is 44.7 Å². The number of carbonyl (C=O) groups is 2. The van der Waals surface area contributed by atoms with Crippen molar-refractivity contribution in [1.29, 1.82) is 5.26 Å². The zero-order chi connectivity index (χ0) is 27.9. The van der Waals surface area contributed by atoms with Crippen molar-refractivity contribution >= 4 is 11.8 Å². The zero-order valence-corrected chi connectivity index (χ0v) is 22.6. The number of nitriles is 1. The molecule has 2 aliphatic rings. The summed E-state index contributed by atoms with van der Waals surface area (Å²) in [4.78, 5) is 34.6. The second-order valence-corrected chi connectivity index (χ2v) is 10.8. The molecule has 1 aliphatic carbocycles. The van der Waals surface area contributed by atoms with Gasteiger partial charge in [0.25, 0.3) is 11.8 Å². The molecule has 0 spiro atoms. The van der Waals surface area contributed by atoms with E-state index < -0.39 is 0 Å². The first-order valence-corrected chi connectivity index (χ1v) is 14.0. The minimum atomic E-state index is -0.244. The van der Waals surface area contributed by atoms with Gasteiger partial charge in [-0.3, -0.25) is 14.5 Å². The van der Waals surface area contributed by atoms with Crippen molar-refractivity contribution in [3.8, 4) is 6.07 Å². The van der Waals surface area contributed by atoms with Crippen LogP contribution in [0, 0.1) is 23.1 Å². The third-order valence-corrected chi connectivity index (χ3v) is 7.97. The van der Waals surface area contributed by atoms with Crippen LogP contribution in [0.3, 0.4) is 0 Å². The smallest absolute Gasteiger partial charge is 0.272 e. The molecule has 1 saturated heterocycles. The van der Waals surface area contributed by atoms with E-state index in [2.05, 4.69) is 21.3 Å². The van der Waals surface area contributed by atoms with Crippen molar-refractivity contribution in [1.82, 2.24) is 20.1 Å². The van der Waals surface area contributed by atoms with Gasteiger partial charge in [-0.1, -0.05) is 30.3 Å². The van der Waals surface area contributed by atoms with Crippen molar-refractivity contribution in [2.24, 2.45) is 5.92 Å². The van der Waals surface area contributed by atoms with Crippen LogP contribution in [0.4, 0.5) is 4.39 Å². The number of hydrogen-bond donors (Lipinski definition) is 1. The highest BCUT2D eigenvalue weighted by Crippen LogP contribution is 2.27. The van der Waals surface area contributed by atoms with Gasteiger partial charge in [-0.15, -0.1) is 0 Å². The third kappa shape index (κ3) is 7.10. The van der Waals surface area contributed by atoms with Crippen LogP contribution < -0.4 is 5.32 Å². The summed E-state index contributed by atoms with van der Waals surface area (Å²) in [6.45, 7) is 3.30.